The van der Waals surface area contributed by atoms with E-state index in [1.165, 1.54) is 6.07 Å². The van der Waals surface area contributed by atoms with Gasteiger partial charge in [0, 0.05) is 31.4 Å². The largest absolute Gasteiger partial charge is 0.349 e. The van der Waals surface area contributed by atoms with Crippen LogP contribution in [0.1, 0.15) is 23.3 Å². The number of fused-ring (bicyclic) bond motifs is 1. The Bertz CT molecular complexity index is 695. The van der Waals surface area contributed by atoms with Crippen LogP contribution in [0.4, 0.5) is 4.39 Å². The van der Waals surface area contributed by atoms with Crippen LogP contribution in [-0.2, 0) is 4.79 Å². The van der Waals surface area contributed by atoms with E-state index < -0.39 is 0 Å². The standard InChI is InChI=1S/C15H16FN3O2/c16-11-4-1-3-10-9-12(18-14(10)11)15(21)17-6-8-19-7-2-5-13(19)20/h1,3-4,9,18H,2,5-8H2,(H,17,21). The minimum atomic E-state index is -0.380. The molecule has 5 nitrogen and oxygen atoms in total. The van der Waals surface area contributed by atoms with Crippen molar-refractivity contribution >= 4 is 22.7 Å². The number of nitrogens with one attached hydrogen (secondary N) is 2. The van der Waals surface area contributed by atoms with Crippen molar-refractivity contribution in [2.45, 2.75) is 12.8 Å². The fourth-order valence-corrected chi connectivity index (χ4v) is 2.58. The lowest BCUT2D eigenvalue weighted by molar-refractivity contribution is -0.127. The summed E-state index contributed by atoms with van der Waals surface area (Å²) >= 11 is 0. The molecule has 0 spiro atoms. The Labute approximate surface area is 121 Å². The number of aromatic nitrogens is 1. The number of rotatable bonds is 4. The van der Waals surface area contributed by atoms with Crippen molar-refractivity contribution < 1.29 is 14.0 Å². The maximum absolute atomic E-state index is 13.6. The summed E-state index contributed by atoms with van der Waals surface area (Å²) in [5, 5.41) is 3.40. The second-order valence-electron chi connectivity index (χ2n) is 5.13. The summed E-state index contributed by atoms with van der Waals surface area (Å²) in [5.74, 6) is -0.539. The first kappa shape index (κ1) is 13.6. The monoisotopic (exact) mass is 289 g/mol. The molecule has 1 aromatic heterocycles. The number of aromatic amines is 1. The van der Waals surface area contributed by atoms with Gasteiger partial charge in [-0.05, 0) is 18.6 Å². The van der Waals surface area contributed by atoms with Crippen molar-refractivity contribution in [2.24, 2.45) is 0 Å². The Morgan fingerprint density at radius 3 is 3.00 bits per heavy atom. The molecule has 0 bridgehead atoms. The van der Waals surface area contributed by atoms with E-state index in [0.717, 1.165) is 13.0 Å². The van der Waals surface area contributed by atoms with Crippen molar-refractivity contribution in [3.8, 4) is 0 Å². The minimum Gasteiger partial charge on any atom is -0.349 e. The summed E-state index contributed by atoms with van der Waals surface area (Å²) < 4.78 is 13.6. The number of para-hydroxylation sites is 1. The minimum absolute atomic E-state index is 0.136. The van der Waals surface area contributed by atoms with Gasteiger partial charge in [0.15, 0.2) is 0 Å². The molecule has 2 heterocycles. The zero-order chi connectivity index (χ0) is 14.8. The Balaban J connectivity index is 1.61. The average Bonchev–Trinajstić information content (AvgIpc) is 3.06. The predicted octanol–water partition coefficient (Wildman–Crippen LogP) is 1.66. The molecule has 0 atom stereocenters. The average molecular weight is 289 g/mol. The first-order chi connectivity index (χ1) is 10.1. The number of H-pyrrole nitrogens is 1. The van der Waals surface area contributed by atoms with Crippen molar-refractivity contribution in [1.82, 2.24) is 15.2 Å². The molecule has 1 aliphatic heterocycles. The highest BCUT2D eigenvalue weighted by Crippen LogP contribution is 2.18. The number of carbonyl (C=O) groups is 2. The van der Waals surface area contributed by atoms with Gasteiger partial charge >= 0.3 is 0 Å². The van der Waals surface area contributed by atoms with Crippen LogP contribution in [-0.4, -0.2) is 41.3 Å². The molecule has 2 N–H and O–H groups in total. The molecule has 1 saturated heterocycles. The van der Waals surface area contributed by atoms with Crippen molar-refractivity contribution in [3.63, 3.8) is 0 Å². The summed E-state index contributed by atoms with van der Waals surface area (Å²) in [7, 11) is 0. The number of nitrogens with zero attached hydrogens (tertiary/aromatic N) is 1. The maximum atomic E-state index is 13.6. The molecule has 110 valence electrons. The fourth-order valence-electron chi connectivity index (χ4n) is 2.58. The van der Waals surface area contributed by atoms with Crippen molar-refractivity contribution in [2.75, 3.05) is 19.6 Å². The second kappa shape index (κ2) is 5.55. The van der Waals surface area contributed by atoms with Gasteiger partial charge in [0.05, 0.1) is 5.52 Å². The van der Waals surface area contributed by atoms with Gasteiger partial charge < -0.3 is 15.2 Å². The highest BCUT2D eigenvalue weighted by atomic mass is 19.1. The van der Waals surface area contributed by atoms with Gasteiger partial charge in [-0.15, -0.1) is 0 Å². The van der Waals surface area contributed by atoms with Crippen LogP contribution >= 0.6 is 0 Å². The highest BCUT2D eigenvalue weighted by molar-refractivity contribution is 5.98. The summed E-state index contributed by atoms with van der Waals surface area (Å²) in [6.45, 7) is 1.66. The predicted molar refractivity (Wildman–Crippen MR) is 76.4 cm³/mol. The number of carbonyl (C=O) groups excluding carboxylic acids is 2. The molecule has 6 heteroatoms. The Hall–Kier alpha value is -2.37. The van der Waals surface area contributed by atoms with Crippen LogP contribution in [0, 0.1) is 5.82 Å². The van der Waals surface area contributed by atoms with Gasteiger partial charge in [-0.1, -0.05) is 12.1 Å². The van der Waals surface area contributed by atoms with Crippen molar-refractivity contribution in [3.05, 3.63) is 35.8 Å². The van der Waals surface area contributed by atoms with Crippen LogP contribution in [0.15, 0.2) is 24.3 Å². The van der Waals surface area contributed by atoms with Crippen LogP contribution in [0.2, 0.25) is 0 Å². The first-order valence-corrected chi connectivity index (χ1v) is 6.98. The summed E-state index contributed by atoms with van der Waals surface area (Å²) in [6.07, 6.45) is 1.48. The molecule has 1 aliphatic rings. The number of halogens is 1. The fraction of sp³-hybridized carbons (Fsp3) is 0.333. The van der Waals surface area contributed by atoms with Gasteiger partial charge in [0.1, 0.15) is 11.5 Å². The van der Waals surface area contributed by atoms with E-state index in [1.807, 2.05) is 0 Å². The van der Waals surface area contributed by atoms with E-state index >= 15 is 0 Å². The van der Waals surface area contributed by atoms with Crippen LogP contribution in [0.5, 0.6) is 0 Å². The summed E-state index contributed by atoms with van der Waals surface area (Å²) in [5.41, 5.74) is 0.653. The SMILES string of the molecule is O=C(NCCN1CCCC1=O)c1cc2cccc(F)c2[nH]1. The molecule has 1 fully saturated rings. The molecule has 21 heavy (non-hydrogen) atoms. The molecule has 3 rings (SSSR count). The molecule has 2 aromatic rings. The quantitative estimate of drug-likeness (QED) is 0.899. The van der Waals surface area contributed by atoms with E-state index in [0.29, 0.717) is 36.1 Å². The molecule has 0 unspecified atom stereocenters. The Kier molecular flexibility index (Phi) is 3.60. The molecule has 1 aromatic carbocycles. The van der Waals surface area contributed by atoms with E-state index in [9.17, 15) is 14.0 Å². The van der Waals surface area contributed by atoms with Crippen LogP contribution in [0.3, 0.4) is 0 Å². The van der Waals surface area contributed by atoms with E-state index in [-0.39, 0.29) is 17.6 Å². The third kappa shape index (κ3) is 2.74. The number of benzene rings is 1. The number of hydrogen-bond donors (Lipinski definition) is 2. The summed E-state index contributed by atoms with van der Waals surface area (Å²) in [6, 6.07) is 6.31. The zero-order valence-corrected chi connectivity index (χ0v) is 11.5. The molecule has 0 radical (unpaired) electrons. The summed E-state index contributed by atoms with van der Waals surface area (Å²) in [4.78, 5) is 28.0. The lowest BCUT2D eigenvalue weighted by atomic mass is 10.2. The third-order valence-electron chi connectivity index (χ3n) is 3.69. The lowest BCUT2D eigenvalue weighted by Gasteiger charge is -2.15. The lowest BCUT2D eigenvalue weighted by Crippen LogP contribution is -2.35. The Morgan fingerprint density at radius 2 is 2.29 bits per heavy atom. The maximum Gasteiger partial charge on any atom is 0.267 e. The topological polar surface area (TPSA) is 65.2 Å². The highest BCUT2D eigenvalue weighted by Gasteiger charge is 2.19. The second-order valence-corrected chi connectivity index (χ2v) is 5.13. The van der Waals surface area contributed by atoms with Gasteiger partial charge in [-0.3, -0.25) is 9.59 Å². The normalized spacial score (nSPS) is 14.9. The Morgan fingerprint density at radius 1 is 1.43 bits per heavy atom. The first-order valence-electron chi connectivity index (χ1n) is 6.98. The van der Waals surface area contributed by atoms with Crippen LogP contribution < -0.4 is 5.32 Å². The van der Waals surface area contributed by atoms with Gasteiger partial charge in [-0.2, -0.15) is 0 Å². The molecule has 0 saturated carbocycles. The molecular formula is C15H16FN3O2. The smallest absolute Gasteiger partial charge is 0.267 e. The third-order valence-corrected chi connectivity index (χ3v) is 3.69. The van der Waals surface area contributed by atoms with Gasteiger partial charge in [0.25, 0.3) is 5.91 Å². The van der Waals surface area contributed by atoms with Crippen molar-refractivity contribution in [1.29, 1.82) is 0 Å². The van der Waals surface area contributed by atoms with E-state index in [4.69, 9.17) is 0 Å². The zero-order valence-electron chi connectivity index (χ0n) is 11.5. The molecule has 2 amide bonds. The van der Waals surface area contributed by atoms with E-state index in [2.05, 4.69) is 10.3 Å². The van der Waals surface area contributed by atoms with Crippen LogP contribution in [0.25, 0.3) is 10.9 Å². The van der Waals surface area contributed by atoms with Gasteiger partial charge in [-0.25, -0.2) is 4.39 Å². The molecule has 0 aliphatic carbocycles. The molecular weight excluding hydrogens is 273 g/mol. The number of hydrogen-bond acceptors (Lipinski definition) is 2. The van der Waals surface area contributed by atoms with E-state index in [1.54, 1.807) is 23.1 Å². The number of amides is 2. The number of likely N-dealkylation sites (tertiary alicyclic amines) is 1. The van der Waals surface area contributed by atoms with Gasteiger partial charge in [0.2, 0.25) is 5.91 Å².